The summed E-state index contributed by atoms with van der Waals surface area (Å²) in [4.78, 5) is 6.67. The predicted octanol–water partition coefficient (Wildman–Crippen LogP) is 2.52. The molecule has 0 saturated carbocycles. The van der Waals surface area contributed by atoms with Crippen LogP contribution < -0.4 is 4.90 Å². The molecule has 98 valence electrons. The van der Waals surface area contributed by atoms with Crippen LogP contribution in [0.3, 0.4) is 0 Å². The Labute approximate surface area is 115 Å². The first-order chi connectivity index (χ1) is 9.29. The van der Waals surface area contributed by atoms with E-state index in [1.165, 1.54) is 5.56 Å². The van der Waals surface area contributed by atoms with E-state index in [9.17, 15) is 5.11 Å². The lowest BCUT2D eigenvalue weighted by Crippen LogP contribution is -2.18. The summed E-state index contributed by atoms with van der Waals surface area (Å²) in [5, 5.41) is 13.8. The number of anilines is 1. The lowest BCUT2D eigenvalue weighted by molar-refractivity contribution is 0.276. The minimum atomic E-state index is -0.0194. The van der Waals surface area contributed by atoms with Gasteiger partial charge in [0.05, 0.1) is 12.3 Å². The van der Waals surface area contributed by atoms with Gasteiger partial charge in [0.1, 0.15) is 5.65 Å². The smallest absolute Gasteiger partial charge is 0.153 e. The third-order valence-corrected chi connectivity index (χ3v) is 3.85. The van der Waals surface area contributed by atoms with Crippen LogP contribution in [-0.2, 0) is 13.2 Å². The first kappa shape index (κ1) is 12.2. The number of aliphatic hydroxyl groups excluding tert-OH is 1. The Bertz CT molecular complexity index is 675. The van der Waals surface area contributed by atoms with Crippen molar-refractivity contribution in [1.29, 1.82) is 0 Å². The van der Waals surface area contributed by atoms with Crippen molar-refractivity contribution in [3.63, 3.8) is 0 Å². The summed E-state index contributed by atoms with van der Waals surface area (Å²) in [6.45, 7) is 0.773. The number of hydrogen-bond acceptors (Lipinski definition) is 4. The maximum Gasteiger partial charge on any atom is 0.153 e. The molecular formula is C14H15N3OS. The van der Waals surface area contributed by atoms with Gasteiger partial charge in [-0.2, -0.15) is 11.3 Å². The van der Waals surface area contributed by atoms with Gasteiger partial charge in [0.2, 0.25) is 0 Å². The molecule has 0 aromatic carbocycles. The third-order valence-electron chi connectivity index (χ3n) is 3.12. The summed E-state index contributed by atoms with van der Waals surface area (Å²) in [5.74, 6) is 0.833. The summed E-state index contributed by atoms with van der Waals surface area (Å²) in [5.41, 5.74) is 2.94. The van der Waals surface area contributed by atoms with Gasteiger partial charge < -0.3 is 10.0 Å². The van der Waals surface area contributed by atoms with Crippen LogP contribution in [0, 0.1) is 0 Å². The largest absolute Gasteiger partial charge is 0.390 e. The quantitative estimate of drug-likeness (QED) is 0.794. The van der Waals surface area contributed by atoms with Crippen molar-refractivity contribution in [2.45, 2.75) is 13.2 Å². The second-order valence-corrected chi connectivity index (χ2v) is 5.24. The minimum absolute atomic E-state index is 0.0194. The van der Waals surface area contributed by atoms with Crippen molar-refractivity contribution < 1.29 is 5.11 Å². The number of rotatable bonds is 4. The molecule has 3 heterocycles. The van der Waals surface area contributed by atoms with Crippen LogP contribution in [0.5, 0.6) is 0 Å². The number of fused-ring (bicyclic) bond motifs is 1. The average Bonchev–Trinajstić information content (AvgIpc) is 3.04. The molecule has 0 atom stereocenters. The average molecular weight is 273 g/mol. The Morgan fingerprint density at radius 3 is 3.00 bits per heavy atom. The zero-order chi connectivity index (χ0) is 13.2. The molecule has 0 radical (unpaired) electrons. The van der Waals surface area contributed by atoms with Gasteiger partial charge in [0.15, 0.2) is 5.82 Å². The molecule has 0 spiro atoms. The fraction of sp³-hybridized carbons (Fsp3) is 0.214. The molecule has 0 saturated heterocycles. The second kappa shape index (κ2) is 5.03. The molecule has 0 bridgehead atoms. The van der Waals surface area contributed by atoms with Crippen LogP contribution in [0.2, 0.25) is 0 Å². The van der Waals surface area contributed by atoms with Gasteiger partial charge >= 0.3 is 0 Å². The molecule has 0 amide bonds. The topological polar surface area (TPSA) is 40.8 Å². The van der Waals surface area contributed by atoms with Gasteiger partial charge in [-0.3, -0.25) is 4.40 Å². The Morgan fingerprint density at radius 1 is 1.37 bits per heavy atom. The predicted molar refractivity (Wildman–Crippen MR) is 77.5 cm³/mol. The minimum Gasteiger partial charge on any atom is -0.390 e. The first-order valence-corrected chi connectivity index (χ1v) is 7.03. The molecule has 0 aliphatic rings. The summed E-state index contributed by atoms with van der Waals surface area (Å²) < 4.78 is 1.93. The van der Waals surface area contributed by atoms with Gasteiger partial charge in [-0.05, 0) is 34.5 Å². The maximum atomic E-state index is 9.59. The van der Waals surface area contributed by atoms with Gasteiger partial charge in [-0.25, -0.2) is 4.98 Å². The van der Waals surface area contributed by atoms with E-state index in [0.29, 0.717) is 0 Å². The lowest BCUT2D eigenvalue weighted by atomic mass is 10.3. The molecule has 3 rings (SSSR count). The highest BCUT2D eigenvalue weighted by atomic mass is 32.1. The zero-order valence-corrected chi connectivity index (χ0v) is 11.5. The van der Waals surface area contributed by atoms with Crippen LogP contribution >= 0.6 is 11.3 Å². The van der Waals surface area contributed by atoms with E-state index >= 15 is 0 Å². The molecule has 5 heteroatoms. The summed E-state index contributed by atoms with van der Waals surface area (Å²) in [7, 11) is 2.00. The standard InChI is InChI=1S/C14H15N3OS/c1-16(8-11-5-7-19-10-11)14-12(9-18)17-6-3-2-4-13(17)15-14/h2-7,10,18H,8-9H2,1H3. The van der Waals surface area contributed by atoms with Crippen molar-refractivity contribution in [3.05, 3.63) is 52.5 Å². The highest BCUT2D eigenvalue weighted by Gasteiger charge is 2.15. The summed E-state index contributed by atoms with van der Waals surface area (Å²) >= 11 is 1.69. The third kappa shape index (κ3) is 2.22. The van der Waals surface area contributed by atoms with E-state index in [0.717, 1.165) is 23.7 Å². The highest BCUT2D eigenvalue weighted by molar-refractivity contribution is 7.07. The molecule has 19 heavy (non-hydrogen) atoms. The monoisotopic (exact) mass is 273 g/mol. The van der Waals surface area contributed by atoms with E-state index in [4.69, 9.17) is 0 Å². The number of aliphatic hydroxyl groups is 1. The van der Waals surface area contributed by atoms with Crippen molar-refractivity contribution in [1.82, 2.24) is 9.38 Å². The number of imidazole rings is 1. The SMILES string of the molecule is CN(Cc1ccsc1)c1nc2ccccn2c1CO. The molecule has 0 aliphatic heterocycles. The van der Waals surface area contributed by atoms with E-state index < -0.39 is 0 Å². The molecule has 0 unspecified atom stereocenters. The van der Waals surface area contributed by atoms with Crippen molar-refractivity contribution in [2.75, 3.05) is 11.9 Å². The van der Waals surface area contributed by atoms with Crippen molar-refractivity contribution in [3.8, 4) is 0 Å². The van der Waals surface area contributed by atoms with Gasteiger partial charge in [-0.1, -0.05) is 6.07 Å². The molecule has 3 aromatic heterocycles. The first-order valence-electron chi connectivity index (χ1n) is 6.08. The van der Waals surface area contributed by atoms with Gasteiger partial charge in [0, 0.05) is 19.8 Å². The molecule has 4 nitrogen and oxygen atoms in total. The maximum absolute atomic E-state index is 9.59. The van der Waals surface area contributed by atoms with Crippen molar-refractivity contribution in [2.24, 2.45) is 0 Å². The highest BCUT2D eigenvalue weighted by Crippen LogP contribution is 2.22. The molecule has 3 aromatic rings. The Kier molecular flexibility index (Phi) is 3.23. The fourth-order valence-corrected chi connectivity index (χ4v) is 2.88. The number of pyridine rings is 1. The van der Waals surface area contributed by atoms with Crippen LogP contribution in [0.15, 0.2) is 41.2 Å². The second-order valence-electron chi connectivity index (χ2n) is 4.46. The summed E-state index contributed by atoms with van der Waals surface area (Å²) in [6.07, 6.45) is 1.93. The Morgan fingerprint density at radius 2 is 2.26 bits per heavy atom. The zero-order valence-electron chi connectivity index (χ0n) is 10.7. The number of aromatic nitrogens is 2. The number of hydrogen-bond donors (Lipinski definition) is 1. The van der Waals surface area contributed by atoms with E-state index in [-0.39, 0.29) is 6.61 Å². The van der Waals surface area contributed by atoms with Crippen LogP contribution in [0.1, 0.15) is 11.3 Å². The van der Waals surface area contributed by atoms with Crippen LogP contribution in [0.25, 0.3) is 5.65 Å². The molecule has 1 N–H and O–H groups in total. The molecular weight excluding hydrogens is 258 g/mol. The van der Waals surface area contributed by atoms with E-state index in [1.54, 1.807) is 11.3 Å². The van der Waals surface area contributed by atoms with Crippen LogP contribution in [0.4, 0.5) is 5.82 Å². The number of thiophene rings is 1. The Balaban J connectivity index is 1.99. The number of nitrogens with zero attached hydrogens (tertiary/aromatic N) is 3. The summed E-state index contributed by atoms with van der Waals surface area (Å²) in [6, 6.07) is 7.94. The van der Waals surface area contributed by atoms with Gasteiger partial charge in [-0.15, -0.1) is 0 Å². The lowest BCUT2D eigenvalue weighted by Gasteiger charge is -2.17. The normalized spacial score (nSPS) is 11.1. The van der Waals surface area contributed by atoms with Crippen molar-refractivity contribution >= 4 is 22.8 Å². The Hall–Kier alpha value is -1.85. The van der Waals surface area contributed by atoms with E-state index in [2.05, 4.69) is 26.7 Å². The van der Waals surface area contributed by atoms with Gasteiger partial charge in [0.25, 0.3) is 0 Å². The molecule has 0 aliphatic carbocycles. The molecule has 0 fully saturated rings. The van der Waals surface area contributed by atoms with Crippen LogP contribution in [-0.4, -0.2) is 21.5 Å². The fourth-order valence-electron chi connectivity index (χ4n) is 2.22. The van der Waals surface area contributed by atoms with E-state index in [1.807, 2.05) is 35.8 Å².